The van der Waals surface area contributed by atoms with Gasteiger partial charge in [0.05, 0.1) is 0 Å². The minimum atomic E-state index is -0.133. The number of rotatable bonds is 6. The molecule has 0 radical (unpaired) electrons. The van der Waals surface area contributed by atoms with Crippen molar-refractivity contribution in [1.82, 2.24) is 5.32 Å². The summed E-state index contributed by atoms with van der Waals surface area (Å²) in [5.74, 6) is -0.133. The van der Waals surface area contributed by atoms with Gasteiger partial charge in [0.1, 0.15) is 5.82 Å². The summed E-state index contributed by atoms with van der Waals surface area (Å²) in [6.07, 6.45) is 3.18. The highest BCUT2D eigenvalue weighted by Crippen LogP contribution is 2.23. The number of hydrogen-bond acceptors (Lipinski definition) is 1. The van der Waals surface area contributed by atoms with Gasteiger partial charge in [-0.2, -0.15) is 0 Å². The van der Waals surface area contributed by atoms with Gasteiger partial charge in [-0.05, 0) is 48.9 Å². The number of aryl methyl sites for hydroxylation is 1. The van der Waals surface area contributed by atoms with Crippen molar-refractivity contribution in [2.45, 2.75) is 53.0 Å². The van der Waals surface area contributed by atoms with Crippen LogP contribution < -0.4 is 5.32 Å². The van der Waals surface area contributed by atoms with E-state index >= 15 is 0 Å². The molecular weight excluding hydrogens is 225 g/mol. The molecule has 0 aliphatic heterocycles. The van der Waals surface area contributed by atoms with Gasteiger partial charge in [0.15, 0.2) is 0 Å². The Morgan fingerprint density at radius 1 is 1.28 bits per heavy atom. The second-order valence-electron chi connectivity index (χ2n) is 6.00. The van der Waals surface area contributed by atoms with Crippen molar-refractivity contribution in [1.29, 1.82) is 0 Å². The van der Waals surface area contributed by atoms with E-state index in [0.29, 0.717) is 6.04 Å². The lowest BCUT2D eigenvalue weighted by Gasteiger charge is -2.31. The molecule has 0 aliphatic rings. The smallest absolute Gasteiger partial charge is 0.123 e. The molecule has 1 rings (SSSR count). The molecular formula is C16H26FN. The fourth-order valence-electron chi connectivity index (χ4n) is 2.29. The first-order chi connectivity index (χ1) is 8.43. The molecule has 1 unspecified atom stereocenters. The highest BCUT2D eigenvalue weighted by atomic mass is 19.1. The van der Waals surface area contributed by atoms with Gasteiger partial charge < -0.3 is 5.32 Å². The van der Waals surface area contributed by atoms with E-state index in [0.717, 1.165) is 31.4 Å². The SMILES string of the molecule is CCNC(CCCc1cccc(F)c1)C(C)(C)C. The summed E-state index contributed by atoms with van der Waals surface area (Å²) in [7, 11) is 0. The van der Waals surface area contributed by atoms with Gasteiger partial charge in [0.2, 0.25) is 0 Å². The van der Waals surface area contributed by atoms with Crippen LogP contribution in [0.2, 0.25) is 0 Å². The maximum absolute atomic E-state index is 13.1. The molecule has 1 aromatic carbocycles. The highest BCUT2D eigenvalue weighted by molar-refractivity contribution is 5.16. The van der Waals surface area contributed by atoms with Crippen molar-refractivity contribution < 1.29 is 4.39 Å². The Balaban J connectivity index is 2.44. The van der Waals surface area contributed by atoms with Gasteiger partial charge in [-0.25, -0.2) is 4.39 Å². The molecule has 0 aromatic heterocycles. The first-order valence-corrected chi connectivity index (χ1v) is 6.91. The predicted octanol–water partition coefficient (Wildman–Crippen LogP) is 4.17. The van der Waals surface area contributed by atoms with Crippen LogP contribution in [0.3, 0.4) is 0 Å². The van der Waals surface area contributed by atoms with Gasteiger partial charge in [0.25, 0.3) is 0 Å². The van der Waals surface area contributed by atoms with E-state index in [2.05, 4.69) is 33.0 Å². The third kappa shape index (κ3) is 5.18. The third-order valence-corrected chi connectivity index (χ3v) is 3.34. The van der Waals surface area contributed by atoms with Crippen LogP contribution in [-0.2, 0) is 6.42 Å². The Morgan fingerprint density at radius 3 is 2.56 bits per heavy atom. The fourth-order valence-corrected chi connectivity index (χ4v) is 2.29. The molecule has 102 valence electrons. The Hall–Kier alpha value is -0.890. The van der Waals surface area contributed by atoms with E-state index < -0.39 is 0 Å². The molecule has 0 spiro atoms. The van der Waals surface area contributed by atoms with Crippen molar-refractivity contribution in [2.24, 2.45) is 5.41 Å². The molecule has 1 atom stereocenters. The van der Waals surface area contributed by atoms with Crippen LogP contribution >= 0.6 is 0 Å². The molecule has 2 heteroatoms. The van der Waals surface area contributed by atoms with Crippen LogP contribution in [-0.4, -0.2) is 12.6 Å². The van der Waals surface area contributed by atoms with E-state index in [1.165, 1.54) is 6.07 Å². The summed E-state index contributed by atoms with van der Waals surface area (Å²) < 4.78 is 13.1. The van der Waals surface area contributed by atoms with E-state index in [-0.39, 0.29) is 11.2 Å². The lowest BCUT2D eigenvalue weighted by atomic mass is 9.83. The van der Waals surface area contributed by atoms with Gasteiger partial charge >= 0.3 is 0 Å². The van der Waals surface area contributed by atoms with Crippen LogP contribution in [0.5, 0.6) is 0 Å². The molecule has 1 N–H and O–H groups in total. The first kappa shape index (κ1) is 15.2. The van der Waals surface area contributed by atoms with Crippen molar-refractivity contribution in [3.05, 3.63) is 35.6 Å². The Morgan fingerprint density at radius 2 is 2.00 bits per heavy atom. The Labute approximate surface area is 111 Å². The molecule has 0 aliphatic carbocycles. The van der Waals surface area contributed by atoms with Crippen molar-refractivity contribution >= 4 is 0 Å². The van der Waals surface area contributed by atoms with E-state index in [1.54, 1.807) is 12.1 Å². The molecule has 0 amide bonds. The molecule has 0 fully saturated rings. The molecule has 1 aromatic rings. The van der Waals surface area contributed by atoms with Crippen LogP contribution in [0.4, 0.5) is 4.39 Å². The zero-order chi connectivity index (χ0) is 13.6. The second-order valence-corrected chi connectivity index (χ2v) is 6.00. The van der Waals surface area contributed by atoms with E-state index in [4.69, 9.17) is 0 Å². The quantitative estimate of drug-likeness (QED) is 0.800. The molecule has 1 nitrogen and oxygen atoms in total. The monoisotopic (exact) mass is 251 g/mol. The summed E-state index contributed by atoms with van der Waals surface area (Å²) in [6, 6.07) is 7.45. The molecule has 0 heterocycles. The lowest BCUT2D eigenvalue weighted by molar-refractivity contribution is 0.254. The summed E-state index contributed by atoms with van der Waals surface area (Å²) >= 11 is 0. The van der Waals surface area contributed by atoms with Crippen LogP contribution in [0, 0.1) is 11.2 Å². The second kappa shape index (κ2) is 6.89. The number of halogens is 1. The minimum Gasteiger partial charge on any atom is -0.314 e. The third-order valence-electron chi connectivity index (χ3n) is 3.34. The Kier molecular flexibility index (Phi) is 5.80. The zero-order valence-electron chi connectivity index (χ0n) is 12.1. The molecule has 0 saturated carbocycles. The average molecular weight is 251 g/mol. The topological polar surface area (TPSA) is 12.0 Å². The van der Waals surface area contributed by atoms with Gasteiger partial charge in [-0.1, -0.05) is 39.8 Å². The van der Waals surface area contributed by atoms with E-state index in [9.17, 15) is 4.39 Å². The molecule has 0 saturated heterocycles. The number of benzene rings is 1. The van der Waals surface area contributed by atoms with Gasteiger partial charge in [-0.3, -0.25) is 0 Å². The first-order valence-electron chi connectivity index (χ1n) is 6.91. The molecule has 0 bridgehead atoms. The maximum Gasteiger partial charge on any atom is 0.123 e. The summed E-state index contributed by atoms with van der Waals surface area (Å²) in [5.41, 5.74) is 1.37. The minimum absolute atomic E-state index is 0.133. The van der Waals surface area contributed by atoms with E-state index in [1.807, 2.05) is 6.07 Å². The predicted molar refractivity (Wildman–Crippen MR) is 76.3 cm³/mol. The summed E-state index contributed by atoms with van der Waals surface area (Å²) in [5, 5.41) is 3.55. The van der Waals surface area contributed by atoms with Crippen molar-refractivity contribution in [3.8, 4) is 0 Å². The van der Waals surface area contributed by atoms with Gasteiger partial charge in [0, 0.05) is 6.04 Å². The van der Waals surface area contributed by atoms with Crippen LogP contribution in [0.1, 0.15) is 46.1 Å². The number of hydrogen-bond donors (Lipinski definition) is 1. The Bertz CT molecular complexity index is 354. The van der Waals surface area contributed by atoms with Gasteiger partial charge in [-0.15, -0.1) is 0 Å². The number of nitrogens with one attached hydrogen (secondary N) is 1. The normalized spacial score (nSPS) is 13.6. The van der Waals surface area contributed by atoms with Crippen LogP contribution in [0.25, 0.3) is 0 Å². The molecule has 18 heavy (non-hydrogen) atoms. The van der Waals surface area contributed by atoms with Crippen molar-refractivity contribution in [2.75, 3.05) is 6.54 Å². The lowest BCUT2D eigenvalue weighted by Crippen LogP contribution is -2.40. The largest absolute Gasteiger partial charge is 0.314 e. The maximum atomic E-state index is 13.1. The van der Waals surface area contributed by atoms with Crippen LogP contribution in [0.15, 0.2) is 24.3 Å². The highest BCUT2D eigenvalue weighted by Gasteiger charge is 2.22. The average Bonchev–Trinajstić information content (AvgIpc) is 2.27. The zero-order valence-corrected chi connectivity index (χ0v) is 12.1. The summed E-state index contributed by atoms with van der Waals surface area (Å²) in [4.78, 5) is 0. The standard InChI is InChI=1S/C16H26FN/c1-5-18-15(16(2,3)4)11-7-9-13-8-6-10-14(17)12-13/h6,8,10,12,15,18H,5,7,9,11H2,1-4H3. The fraction of sp³-hybridized carbons (Fsp3) is 0.625. The van der Waals surface area contributed by atoms with Crippen molar-refractivity contribution in [3.63, 3.8) is 0 Å². The summed E-state index contributed by atoms with van der Waals surface area (Å²) in [6.45, 7) is 9.95.